The van der Waals surface area contributed by atoms with E-state index >= 15 is 0 Å². The summed E-state index contributed by atoms with van der Waals surface area (Å²) in [5, 5.41) is 4.02. The van der Waals surface area contributed by atoms with Gasteiger partial charge in [0.05, 0.1) is 20.6 Å². The van der Waals surface area contributed by atoms with Gasteiger partial charge in [-0.3, -0.25) is 4.79 Å². The van der Waals surface area contributed by atoms with Crippen molar-refractivity contribution in [2.45, 2.75) is 6.92 Å². The van der Waals surface area contributed by atoms with Crippen LogP contribution in [0.25, 0.3) is 11.8 Å². The lowest BCUT2D eigenvalue weighted by molar-refractivity contribution is -0.115. The number of benzene rings is 2. The highest BCUT2D eigenvalue weighted by Crippen LogP contribution is 2.34. The van der Waals surface area contributed by atoms with Gasteiger partial charge in [0.15, 0.2) is 5.17 Å². The van der Waals surface area contributed by atoms with Crippen molar-refractivity contribution in [3.05, 3.63) is 87.0 Å². The summed E-state index contributed by atoms with van der Waals surface area (Å²) < 4.78 is 2.03. The maximum atomic E-state index is 12.4. The van der Waals surface area contributed by atoms with E-state index in [1.165, 1.54) is 17.3 Å². The topological polar surface area (TPSA) is 46.4 Å². The first-order chi connectivity index (χ1) is 13.5. The van der Waals surface area contributed by atoms with Crippen molar-refractivity contribution in [3.8, 4) is 5.69 Å². The molecule has 0 saturated carbocycles. The lowest BCUT2D eigenvalue weighted by Crippen LogP contribution is -2.19. The summed E-state index contributed by atoms with van der Waals surface area (Å²) in [6, 6.07) is 17.3. The van der Waals surface area contributed by atoms with Crippen LogP contribution in [0, 0.1) is 6.92 Å². The zero-order valence-electron chi connectivity index (χ0n) is 14.8. The molecule has 2 heterocycles. The second kappa shape index (κ2) is 7.87. The molecule has 1 saturated heterocycles. The van der Waals surface area contributed by atoms with Gasteiger partial charge in [0.1, 0.15) is 0 Å². The number of aryl methyl sites for hydroxylation is 1. The van der Waals surface area contributed by atoms with Crippen LogP contribution < -0.4 is 5.32 Å². The Kier molecular flexibility index (Phi) is 5.31. The Balaban J connectivity index is 1.63. The summed E-state index contributed by atoms with van der Waals surface area (Å²) in [6.45, 7) is 2.05. The van der Waals surface area contributed by atoms with E-state index in [0.29, 0.717) is 25.8 Å². The molecule has 1 N–H and O–H groups in total. The molecule has 28 heavy (non-hydrogen) atoms. The molecule has 4 rings (SSSR count). The first-order valence-corrected chi connectivity index (χ1v) is 10.1. The number of amides is 1. The fraction of sp³-hybridized carbons (Fsp3) is 0.0476. The number of halogens is 2. The number of hydrogen-bond acceptors (Lipinski definition) is 3. The van der Waals surface area contributed by atoms with Crippen molar-refractivity contribution < 1.29 is 4.79 Å². The van der Waals surface area contributed by atoms with E-state index in [2.05, 4.69) is 29.4 Å². The van der Waals surface area contributed by atoms with Crippen LogP contribution in [0.5, 0.6) is 0 Å². The third kappa shape index (κ3) is 3.87. The molecule has 1 aliphatic heterocycles. The number of amidine groups is 1. The van der Waals surface area contributed by atoms with E-state index in [4.69, 9.17) is 23.2 Å². The van der Waals surface area contributed by atoms with E-state index in [-0.39, 0.29) is 5.91 Å². The summed E-state index contributed by atoms with van der Waals surface area (Å²) >= 11 is 13.5. The fourth-order valence-corrected chi connectivity index (χ4v) is 3.91. The molecule has 1 amide bonds. The maximum Gasteiger partial charge on any atom is 0.264 e. The Labute approximate surface area is 176 Å². The predicted molar refractivity (Wildman–Crippen MR) is 118 cm³/mol. The minimum Gasteiger partial charge on any atom is -0.317 e. The molecule has 140 valence electrons. The Hall–Kier alpha value is -2.47. The number of rotatable bonds is 3. The average molecular weight is 428 g/mol. The van der Waals surface area contributed by atoms with Crippen LogP contribution in [0.2, 0.25) is 10.0 Å². The Bertz CT molecular complexity index is 1120. The molecule has 0 spiro atoms. The van der Waals surface area contributed by atoms with Crippen molar-refractivity contribution in [1.29, 1.82) is 0 Å². The number of aliphatic imine (C=N–C) groups is 1. The van der Waals surface area contributed by atoms with Gasteiger partial charge >= 0.3 is 0 Å². The van der Waals surface area contributed by atoms with Crippen molar-refractivity contribution >= 4 is 57.8 Å². The smallest absolute Gasteiger partial charge is 0.264 e. The zero-order valence-corrected chi connectivity index (χ0v) is 17.1. The molecule has 1 aromatic heterocycles. The number of carbonyl (C=O) groups is 1. The van der Waals surface area contributed by atoms with E-state index in [0.717, 1.165) is 11.4 Å². The molecule has 1 fully saturated rings. The summed E-state index contributed by atoms with van der Waals surface area (Å²) in [4.78, 5) is 17.4. The molecule has 4 nitrogen and oxygen atoms in total. The molecular weight excluding hydrogens is 413 g/mol. The molecule has 0 radical (unpaired) electrons. The predicted octanol–water partition coefficient (Wildman–Crippen LogP) is 5.98. The maximum absolute atomic E-state index is 12.4. The molecule has 2 aromatic carbocycles. The van der Waals surface area contributed by atoms with Gasteiger partial charge in [-0.05, 0) is 61.2 Å². The number of nitrogens with one attached hydrogen (secondary N) is 1. The first kappa shape index (κ1) is 18.9. The van der Waals surface area contributed by atoms with Crippen LogP contribution in [0.15, 0.2) is 70.7 Å². The van der Waals surface area contributed by atoms with Crippen LogP contribution in [0.3, 0.4) is 0 Å². The Morgan fingerprint density at radius 3 is 2.64 bits per heavy atom. The van der Waals surface area contributed by atoms with Gasteiger partial charge in [0.2, 0.25) is 0 Å². The molecule has 0 atom stereocenters. The molecule has 0 aliphatic carbocycles. The van der Waals surface area contributed by atoms with Gasteiger partial charge < -0.3 is 9.88 Å². The van der Waals surface area contributed by atoms with Crippen LogP contribution in [0.4, 0.5) is 5.69 Å². The largest absolute Gasteiger partial charge is 0.317 e. The van der Waals surface area contributed by atoms with E-state index in [9.17, 15) is 4.79 Å². The summed E-state index contributed by atoms with van der Waals surface area (Å²) in [7, 11) is 0. The average Bonchev–Trinajstić information content (AvgIpc) is 3.27. The number of thioether (sulfide) groups is 1. The first-order valence-electron chi connectivity index (χ1n) is 8.49. The van der Waals surface area contributed by atoms with Crippen molar-refractivity contribution in [2.75, 3.05) is 0 Å². The monoisotopic (exact) mass is 427 g/mol. The molecular formula is C21H15Cl2N3OS. The highest BCUT2D eigenvalue weighted by molar-refractivity contribution is 8.18. The number of aromatic nitrogens is 1. The van der Waals surface area contributed by atoms with Crippen LogP contribution in [-0.2, 0) is 4.79 Å². The van der Waals surface area contributed by atoms with Gasteiger partial charge in [-0.25, -0.2) is 4.99 Å². The summed E-state index contributed by atoms with van der Waals surface area (Å²) in [5.74, 6) is -0.196. The number of nitrogens with zero attached hydrogens (tertiary/aromatic N) is 2. The van der Waals surface area contributed by atoms with E-state index in [1.807, 2.05) is 41.1 Å². The second-order valence-electron chi connectivity index (χ2n) is 6.19. The van der Waals surface area contributed by atoms with Crippen molar-refractivity contribution in [2.24, 2.45) is 4.99 Å². The fourth-order valence-electron chi connectivity index (χ4n) is 2.76. The van der Waals surface area contributed by atoms with Gasteiger partial charge in [-0.15, -0.1) is 0 Å². The molecule has 0 bridgehead atoms. The highest BCUT2D eigenvalue weighted by atomic mass is 35.5. The summed E-state index contributed by atoms with van der Waals surface area (Å²) in [5.41, 5.74) is 3.65. The van der Waals surface area contributed by atoms with Crippen molar-refractivity contribution in [3.63, 3.8) is 0 Å². The van der Waals surface area contributed by atoms with Gasteiger partial charge in [-0.1, -0.05) is 47.0 Å². The number of carbonyl (C=O) groups excluding carboxylic acids is 1. The van der Waals surface area contributed by atoms with Crippen LogP contribution >= 0.6 is 35.0 Å². The zero-order chi connectivity index (χ0) is 19.7. The Morgan fingerprint density at radius 2 is 1.86 bits per heavy atom. The molecule has 1 aliphatic rings. The van der Waals surface area contributed by atoms with Crippen LogP contribution in [-0.4, -0.2) is 15.6 Å². The SMILES string of the molecule is Cc1ccc(-n2cccc2/C=C2/SC(=Nc3cccc(Cl)c3Cl)NC2=O)cc1. The van der Waals surface area contributed by atoms with Crippen LogP contribution in [0.1, 0.15) is 11.3 Å². The van der Waals surface area contributed by atoms with E-state index < -0.39 is 0 Å². The van der Waals surface area contributed by atoms with Crippen molar-refractivity contribution in [1.82, 2.24) is 9.88 Å². The molecule has 3 aromatic rings. The lowest BCUT2D eigenvalue weighted by Gasteiger charge is -2.07. The standard InChI is InChI=1S/C21H15Cl2N3OS/c1-13-7-9-14(10-8-13)26-11-3-4-15(26)12-18-20(27)25-21(28-18)24-17-6-2-5-16(22)19(17)23/h2-12H,1H3,(H,24,25,27)/b18-12+. The lowest BCUT2D eigenvalue weighted by atomic mass is 10.2. The minimum atomic E-state index is -0.196. The molecule has 7 heteroatoms. The quantitative estimate of drug-likeness (QED) is 0.522. The number of hydrogen-bond donors (Lipinski definition) is 1. The van der Waals surface area contributed by atoms with E-state index in [1.54, 1.807) is 18.2 Å². The Morgan fingerprint density at radius 1 is 1.07 bits per heavy atom. The third-order valence-electron chi connectivity index (χ3n) is 4.18. The van der Waals surface area contributed by atoms with Gasteiger partial charge in [-0.2, -0.15) is 0 Å². The third-order valence-corrected chi connectivity index (χ3v) is 5.89. The highest BCUT2D eigenvalue weighted by Gasteiger charge is 2.24. The normalized spacial score (nSPS) is 16.8. The summed E-state index contributed by atoms with van der Waals surface area (Å²) in [6.07, 6.45) is 3.82. The second-order valence-corrected chi connectivity index (χ2v) is 8.01. The van der Waals surface area contributed by atoms with Gasteiger partial charge in [0.25, 0.3) is 5.91 Å². The van der Waals surface area contributed by atoms with Gasteiger partial charge in [0, 0.05) is 17.6 Å². The minimum absolute atomic E-state index is 0.196. The molecule has 0 unspecified atom stereocenters.